The van der Waals surface area contributed by atoms with E-state index in [1.807, 2.05) is 0 Å². The van der Waals surface area contributed by atoms with Crippen molar-refractivity contribution in [1.82, 2.24) is 31.9 Å². The van der Waals surface area contributed by atoms with Crippen molar-refractivity contribution in [2.24, 2.45) is 33.7 Å². The van der Waals surface area contributed by atoms with E-state index in [2.05, 4.69) is 36.9 Å². The van der Waals surface area contributed by atoms with Gasteiger partial charge >= 0.3 is 0 Å². The van der Waals surface area contributed by atoms with E-state index in [0.29, 0.717) is 37.1 Å². The molecule has 0 unspecified atom stereocenters. The van der Waals surface area contributed by atoms with Crippen molar-refractivity contribution in [3.63, 3.8) is 0 Å². The lowest BCUT2D eigenvalue weighted by atomic mass is 10.0. The summed E-state index contributed by atoms with van der Waals surface area (Å²) >= 11 is 1.39. The second-order valence-corrected chi connectivity index (χ2v) is 15.8. The summed E-state index contributed by atoms with van der Waals surface area (Å²) in [6, 6.07) is 6.07. The SMILES string of the molecule is CSCC[C@H](NC(=O)[C@H](Cc1ccc(O)cc1)NC(=O)[C@H](C)NC(=O)[C@H](CO)NC(=O)[C@@H](N)CCCCN)C(=O)N[C@@H](CCCN=C(N)N)C(=O)N[C@@H](Cc1ccccc1)C(N)=O. The molecule has 21 nitrogen and oxygen atoms in total. The number of aliphatic imine (C=N–C) groups is 1. The monoisotopic (exact) mass is 900 g/mol. The van der Waals surface area contributed by atoms with Gasteiger partial charge in [0.05, 0.1) is 12.6 Å². The molecule has 0 saturated heterocycles. The molecule has 348 valence electrons. The number of rotatable bonds is 29. The number of aliphatic hydroxyl groups is 1. The molecule has 0 spiro atoms. The molecular weight excluding hydrogens is 837 g/mol. The minimum Gasteiger partial charge on any atom is -0.508 e. The van der Waals surface area contributed by atoms with Gasteiger partial charge in [0.2, 0.25) is 41.4 Å². The molecule has 0 heterocycles. The first kappa shape index (κ1) is 53.2. The van der Waals surface area contributed by atoms with Crippen LogP contribution >= 0.6 is 11.8 Å². The van der Waals surface area contributed by atoms with Gasteiger partial charge in [0.25, 0.3) is 0 Å². The van der Waals surface area contributed by atoms with E-state index in [1.165, 1.54) is 43.0 Å². The molecule has 18 N–H and O–H groups in total. The first-order chi connectivity index (χ1) is 30.0. The van der Waals surface area contributed by atoms with E-state index >= 15 is 0 Å². The van der Waals surface area contributed by atoms with Gasteiger partial charge in [-0.2, -0.15) is 11.8 Å². The number of aromatic hydroxyl groups is 1. The van der Waals surface area contributed by atoms with Crippen LogP contribution < -0.4 is 60.6 Å². The topological polar surface area (TPSA) is 375 Å². The fourth-order valence-electron chi connectivity index (χ4n) is 6.03. The Labute approximate surface area is 371 Å². The number of nitrogens with two attached hydrogens (primary N) is 5. The summed E-state index contributed by atoms with van der Waals surface area (Å²) in [5.41, 5.74) is 29.2. The van der Waals surface area contributed by atoms with Gasteiger partial charge in [-0.05, 0) is 80.8 Å². The third-order valence-corrected chi connectivity index (χ3v) is 10.3. The van der Waals surface area contributed by atoms with E-state index in [-0.39, 0.29) is 50.4 Å². The van der Waals surface area contributed by atoms with Crippen molar-refractivity contribution in [2.45, 2.75) is 101 Å². The van der Waals surface area contributed by atoms with Gasteiger partial charge in [-0.25, -0.2) is 0 Å². The Kier molecular flexibility index (Phi) is 24.1. The van der Waals surface area contributed by atoms with Crippen molar-refractivity contribution in [2.75, 3.05) is 31.7 Å². The second kappa shape index (κ2) is 28.6. The minimum absolute atomic E-state index is 0.0277. The van der Waals surface area contributed by atoms with Gasteiger partial charge in [-0.3, -0.25) is 38.6 Å². The maximum atomic E-state index is 14.1. The number of primary amides is 1. The van der Waals surface area contributed by atoms with E-state index in [0.717, 1.165) is 5.56 Å². The van der Waals surface area contributed by atoms with Crippen LogP contribution in [0, 0.1) is 0 Å². The number of guanidine groups is 1. The van der Waals surface area contributed by atoms with Crippen molar-refractivity contribution < 1.29 is 43.8 Å². The number of aliphatic hydroxyl groups excluding tert-OH is 1. The summed E-state index contributed by atoms with van der Waals surface area (Å²) in [4.78, 5) is 97.3. The van der Waals surface area contributed by atoms with E-state index in [1.54, 1.807) is 36.6 Å². The maximum Gasteiger partial charge on any atom is 0.245 e. The average molecular weight is 901 g/mol. The van der Waals surface area contributed by atoms with Crippen molar-refractivity contribution >= 4 is 59.1 Å². The molecule has 0 aromatic heterocycles. The number of carbonyl (C=O) groups excluding carboxylic acids is 7. The Bertz CT molecular complexity index is 1820. The summed E-state index contributed by atoms with van der Waals surface area (Å²) in [5, 5.41) is 35.1. The summed E-state index contributed by atoms with van der Waals surface area (Å²) in [6.07, 6.45) is 3.64. The zero-order valence-electron chi connectivity index (χ0n) is 35.7. The van der Waals surface area contributed by atoms with Crippen LogP contribution in [0.25, 0.3) is 0 Å². The Morgan fingerprint density at radius 2 is 1.16 bits per heavy atom. The molecule has 0 saturated carbocycles. The number of nitrogens with zero attached hydrogens (tertiary/aromatic N) is 1. The number of hydrogen-bond acceptors (Lipinski definition) is 13. The number of phenolic OH excluding ortho intramolecular Hbond substituents is 1. The van der Waals surface area contributed by atoms with Gasteiger partial charge in [0.15, 0.2) is 5.96 Å². The zero-order valence-corrected chi connectivity index (χ0v) is 36.5. The summed E-state index contributed by atoms with van der Waals surface area (Å²) in [6.45, 7) is 1.07. The highest BCUT2D eigenvalue weighted by atomic mass is 32.2. The summed E-state index contributed by atoms with van der Waals surface area (Å²) in [5.74, 6) is -5.29. The van der Waals surface area contributed by atoms with Crippen LogP contribution in [0.15, 0.2) is 59.6 Å². The van der Waals surface area contributed by atoms with Crippen LogP contribution in [0.5, 0.6) is 5.75 Å². The quantitative estimate of drug-likeness (QED) is 0.0218. The van der Waals surface area contributed by atoms with Crippen molar-refractivity contribution in [3.05, 3.63) is 65.7 Å². The summed E-state index contributed by atoms with van der Waals surface area (Å²) in [7, 11) is 0. The van der Waals surface area contributed by atoms with Crippen LogP contribution in [0.1, 0.15) is 56.6 Å². The first-order valence-corrected chi connectivity index (χ1v) is 21.9. The first-order valence-electron chi connectivity index (χ1n) is 20.5. The molecule has 0 fully saturated rings. The van der Waals surface area contributed by atoms with Crippen LogP contribution in [0.3, 0.4) is 0 Å². The number of thioether (sulfide) groups is 1. The maximum absolute atomic E-state index is 14.1. The van der Waals surface area contributed by atoms with Crippen LogP contribution in [0.2, 0.25) is 0 Å². The number of nitrogens with one attached hydrogen (secondary N) is 6. The highest BCUT2D eigenvalue weighted by Gasteiger charge is 2.33. The molecule has 22 heteroatoms. The average Bonchev–Trinajstić information content (AvgIpc) is 3.25. The second-order valence-electron chi connectivity index (χ2n) is 14.8. The van der Waals surface area contributed by atoms with Gasteiger partial charge in [0.1, 0.15) is 42.0 Å². The van der Waals surface area contributed by atoms with Crippen LogP contribution in [-0.4, -0.2) is 132 Å². The molecule has 2 rings (SSSR count). The fourth-order valence-corrected chi connectivity index (χ4v) is 6.50. The number of hydrogen-bond donors (Lipinski definition) is 13. The number of benzene rings is 2. The molecule has 0 bridgehead atoms. The Balaban J connectivity index is 2.31. The molecule has 0 aliphatic rings. The van der Waals surface area contributed by atoms with Gasteiger partial charge in [0, 0.05) is 19.4 Å². The lowest BCUT2D eigenvalue weighted by molar-refractivity contribution is -0.135. The fraction of sp³-hybridized carbons (Fsp3) is 0.512. The summed E-state index contributed by atoms with van der Waals surface area (Å²) < 4.78 is 0. The standard InChI is InChI=1S/C41H64N12O9S/c1-24(48-40(62)33(23-54)53-36(58)28(43)11-6-7-18-42)35(57)52-32(22-26-13-15-27(55)16-14-26)39(61)50-30(17-20-63-2)38(60)49-29(12-8-19-47-41(45)46)37(59)51-31(34(44)56)21-25-9-4-3-5-10-25/h3-5,9-10,13-16,24,28-33,54-55H,6-8,11-12,17-23,42-43H2,1-2H3,(H2,44,56)(H,48,62)(H,49,60)(H,50,61)(H,51,59)(H,52,57)(H,53,58)(H4,45,46,47)/t24-,28-,29-,30-,31-,32-,33-/m0/s1. The molecule has 0 radical (unpaired) electrons. The normalized spacial score (nSPS) is 14.2. The largest absolute Gasteiger partial charge is 0.508 e. The van der Waals surface area contributed by atoms with Gasteiger partial charge in [-0.1, -0.05) is 48.9 Å². The third-order valence-electron chi connectivity index (χ3n) is 9.65. The molecule has 7 amide bonds. The number of amides is 7. The molecule has 2 aromatic rings. The Hall–Kier alpha value is -5.97. The smallest absolute Gasteiger partial charge is 0.245 e. The van der Waals surface area contributed by atoms with E-state index in [4.69, 9.17) is 28.7 Å². The highest BCUT2D eigenvalue weighted by molar-refractivity contribution is 7.98. The van der Waals surface area contributed by atoms with Crippen LogP contribution in [0.4, 0.5) is 0 Å². The molecular formula is C41H64N12O9S. The lowest BCUT2D eigenvalue weighted by Gasteiger charge is -2.27. The van der Waals surface area contributed by atoms with Crippen molar-refractivity contribution in [3.8, 4) is 5.75 Å². The van der Waals surface area contributed by atoms with E-state index < -0.39 is 90.3 Å². The molecule has 63 heavy (non-hydrogen) atoms. The number of carbonyl (C=O) groups is 7. The van der Waals surface area contributed by atoms with Crippen molar-refractivity contribution in [1.29, 1.82) is 0 Å². The minimum atomic E-state index is -1.44. The third kappa shape index (κ3) is 20.2. The zero-order chi connectivity index (χ0) is 46.9. The molecule has 0 aliphatic carbocycles. The number of phenols is 1. The Morgan fingerprint density at radius 1 is 0.635 bits per heavy atom. The van der Waals surface area contributed by atoms with Gasteiger partial charge in [-0.15, -0.1) is 0 Å². The predicted molar refractivity (Wildman–Crippen MR) is 239 cm³/mol. The van der Waals surface area contributed by atoms with Crippen LogP contribution in [-0.2, 0) is 46.4 Å². The molecule has 2 aromatic carbocycles. The van der Waals surface area contributed by atoms with E-state index in [9.17, 15) is 43.8 Å². The lowest BCUT2D eigenvalue weighted by Crippen LogP contribution is -2.60. The highest BCUT2D eigenvalue weighted by Crippen LogP contribution is 2.13. The molecule has 0 aliphatic heterocycles. The molecule has 7 atom stereocenters. The predicted octanol–water partition coefficient (Wildman–Crippen LogP) is -3.15. The number of unbranched alkanes of at least 4 members (excludes halogenated alkanes) is 1. The Morgan fingerprint density at radius 3 is 1.73 bits per heavy atom. The van der Waals surface area contributed by atoms with Gasteiger partial charge < -0.3 is 70.8 Å².